The quantitative estimate of drug-likeness (QED) is 0.779. The topological polar surface area (TPSA) is 71.7 Å². The molecule has 1 N–H and O–H groups in total. The molecule has 7 heteroatoms. The van der Waals surface area contributed by atoms with Gasteiger partial charge >= 0.3 is 0 Å². The molecular formula is C19H24N6O. The molecule has 0 bridgehead atoms. The molecule has 1 aliphatic heterocycles. The molecule has 1 aliphatic rings. The van der Waals surface area contributed by atoms with Crippen molar-refractivity contribution in [2.75, 3.05) is 13.1 Å². The number of benzene rings is 1. The van der Waals surface area contributed by atoms with Crippen molar-refractivity contribution in [2.45, 2.75) is 32.2 Å². The highest BCUT2D eigenvalue weighted by molar-refractivity contribution is 5.33. The number of likely N-dealkylation sites (tertiary alicyclic amines) is 1. The Kier molecular flexibility index (Phi) is 4.46. The van der Waals surface area contributed by atoms with Crippen molar-refractivity contribution in [1.82, 2.24) is 29.4 Å². The van der Waals surface area contributed by atoms with Crippen LogP contribution in [0.4, 0.5) is 0 Å². The fourth-order valence-electron chi connectivity index (χ4n) is 3.86. The number of piperidine rings is 1. The summed E-state index contributed by atoms with van der Waals surface area (Å²) in [5.41, 5.74) is 2.85. The Labute approximate surface area is 152 Å². The monoisotopic (exact) mass is 352 g/mol. The molecule has 1 saturated heterocycles. The number of nitrogens with zero attached hydrogens (tertiary/aromatic N) is 5. The Morgan fingerprint density at radius 2 is 2.08 bits per heavy atom. The van der Waals surface area contributed by atoms with Crippen LogP contribution in [0.5, 0.6) is 0 Å². The second kappa shape index (κ2) is 6.92. The average molecular weight is 352 g/mol. The summed E-state index contributed by atoms with van der Waals surface area (Å²) in [6, 6.07) is 9.80. The van der Waals surface area contributed by atoms with Gasteiger partial charge in [0.15, 0.2) is 0 Å². The standard InChI is InChI=1S/C19H24N6O/c1-14-17(19(26)25(23(14)2)16-8-4-3-5-9-16)12-24-10-6-7-15(11-24)18-20-13-21-22-18/h3-5,8-9,13,15H,6-7,10-12H2,1-2H3,(H,20,21,22)/t15-/m1/s1. The average Bonchev–Trinajstić information content (AvgIpc) is 3.27. The molecule has 1 fully saturated rings. The maximum atomic E-state index is 13.1. The van der Waals surface area contributed by atoms with Crippen molar-refractivity contribution >= 4 is 0 Å². The zero-order valence-electron chi connectivity index (χ0n) is 15.2. The maximum absolute atomic E-state index is 13.1. The third kappa shape index (κ3) is 2.99. The molecule has 0 spiro atoms. The van der Waals surface area contributed by atoms with Crippen LogP contribution in [0, 0.1) is 6.92 Å². The van der Waals surface area contributed by atoms with E-state index >= 15 is 0 Å². The molecule has 0 saturated carbocycles. The maximum Gasteiger partial charge on any atom is 0.276 e. The van der Waals surface area contributed by atoms with Crippen molar-refractivity contribution in [3.63, 3.8) is 0 Å². The first-order valence-electron chi connectivity index (χ1n) is 9.05. The third-order valence-electron chi connectivity index (χ3n) is 5.38. The van der Waals surface area contributed by atoms with Gasteiger partial charge in [-0.25, -0.2) is 9.67 Å². The van der Waals surface area contributed by atoms with Crippen LogP contribution in [0.3, 0.4) is 0 Å². The first kappa shape index (κ1) is 16.8. The predicted octanol–water partition coefficient (Wildman–Crippen LogP) is 1.98. The molecule has 7 nitrogen and oxygen atoms in total. The van der Waals surface area contributed by atoms with Gasteiger partial charge in [-0.3, -0.25) is 19.5 Å². The van der Waals surface area contributed by atoms with Crippen LogP contribution in [0.2, 0.25) is 0 Å². The van der Waals surface area contributed by atoms with Crippen LogP contribution in [-0.4, -0.2) is 42.5 Å². The van der Waals surface area contributed by atoms with Crippen LogP contribution < -0.4 is 5.56 Å². The fourth-order valence-corrected chi connectivity index (χ4v) is 3.86. The van der Waals surface area contributed by atoms with Crippen molar-refractivity contribution in [3.8, 4) is 5.69 Å². The molecule has 4 rings (SSSR count). The van der Waals surface area contributed by atoms with Crippen LogP contribution in [0.25, 0.3) is 5.69 Å². The normalized spacial score (nSPS) is 18.3. The summed E-state index contributed by atoms with van der Waals surface area (Å²) in [4.78, 5) is 19.7. The molecule has 1 aromatic carbocycles. The lowest BCUT2D eigenvalue weighted by molar-refractivity contribution is 0.196. The first-order valence-corrected chi connectivity index (χ1v) is 9.05. The van der Waals surface area contributed by atoms with Gasteiger partial charge in [0.1, 0.15) is 12.2 Å². The summed E-state index contributed by atoms with van der Waals surface area (Å²) >= 11 is 0. The van der Waals surface area contributed by atoms with E-state index < -0.39 is 0 Å². The summed E-state index contributed by atoms with van der Waals surface area (Å²) in [6.45, 7) is 4.59. The molecule has 0 radical (unpaired) electrons. The smallest absolute Gasteiger partial charge is 0.276 e. The van der Waals surface area contributed by atoms with Gasteiger partial charge in [0.05, 0.1) is 11.3 Å². The van der Waals surface area contributed by atoms with E-state index in [1.165, 1.54) is 0 Å². The molecular weight excluding hydrogens is 328 g/mol. The summed E-state index contributed by atoms with van der Waals surface area (Å²) in [7, 11) is 1.95. The fraction of sp³-hybridized carbons (Fsp3) is 0.421. The molecule has 0 aliphatic carbocycles. The largest absolute Gasteiger partial charge is 0.298 e. The van der Waals surface area contributed by atoms with Gasteiger partial charge in [-0.05, 0) is 38.4 Å². The molecule has 3 aromatic rings. The molecule has 0 unspecified atom stereocenters. The van der Waals surface area contributed by atoms with E-state index in [0.717, 1.165) is 48.7 Å². The lowest BCUT2D eigenvalue weighted by Gasteiger charge is -2.31. The van der Waals surface area contributed by atoms with Crippen LogP contribution in [0.15, 0.2) is 41.5 Å². The van der Waals surface area contributed by atoms with Gasteiger partial charge in [-0.15, -0.1) is 0 Å². The van der Waals surface area contributed by atoms with E-state index in [4.69, 9.17) is 0 Å². The van der Waals surface area contributed by atoms with E-state index in [1.54, 1.807) is 11.0 Å². The predicted molar refractivity (Wildman–Crippen MR) is 99.4 cm³/mol. The second-order valence-corrected chi connectivity index (χ2v) is 6.99. The minimum Gasteiger partial charge on any atom is -0.298 e. The minimum absolute atomic E-state index is 0.0676. The van der Waals surface area contributed by atoms with Gasteiger partial charge in [0, 0.05) is 31.7 Å². The SMILES string of the molecule is Cc1c(CN2CCC[C@@H](c3ncn[nH]3)C2)c(=O)n(-c2ccccc2)n1C. The van der Waals surface area contributed by atoms with E-state index in [-0.39, 0.29) is 5.56 Å². The Morgan fingerprint density at radius 1 is 1.27 bits per heavy atom. The number of para-hydroxylation sites is 1. The minimum atomic E-state index is 0.0676. The highest BCUT2D eigenvalue weighted by Crippen LogP contribution is 2.25. The highest BCUT2D eigenvalue weighted by Gasteiger charge is 2.25. The number of rotatable bonds is 4. The molecule has 1 atom stereocenters. The molecule has 26 heavy (non-hydrogen) atoms. The second-order valence-electron chi connectivity index (χ2n) is 6.99. The third-order valence-corrected chi connectivity index (χ3v) is 5.38. The lowest BCUT2D eigenvalue weighted by Crippen LogP contribution is -2.36. The number of H-pyrrole nitrogens is 1. The van der Waals surface area contributed by atoms with Crippen LogP contribution >= 0.6 is 0 Å². The van der Waals surface area contributed by atoms with E-state index in [2.05, 4.69) is 20.1 Å². The van der Waals surface area contributed by atoms with E-state index in [1.807, 2.05) is 49.0 Å². The lowest BCUT2D eigenvalue weighted by atomic mass is 9.97. The highest BCUT2D eigenvalue weighted by atomic mass is 16.1. The molecule has 136 valence electrons. The van der Waals surface area contributed by atoms with Crippen LogP contribution in [0.1, 0.15) is 35.8 Å². The number of hydrogen-bond donors (Lipinski definition) is 1. The zero-order valence-corrected chi connectivity index (χ0v) is 15.2. The Hall–Kier alpha value is -2.67. The molecule has 2 aromatic heterocycles. The van der Waals surface area contributed by atoms with Gasteiger partial charge in [-0.2, -0.15) is 5.10 Å². The summed E-state index contributed by atoms with van der Waals surface area (Å²) < 4.78 is 3.70. The molecule has 3 heterocycles. The summed E-state index contributed by atoms with van der Waals surface area (Å²) in [5, 5.41) is 6.96. The van der Waals surface area contributed by atoms with Gasteiger partial charge in [0.25, 0.3) is 5.56 Å². The van der Waals surface area contributed by atoms with Crippen LogP contribution in [-0.2, 0) is 13.6 Å². The summed E-state index contributed by atoms with van der Waals surface area (Å²) in [6.07, 6.45) is 3.77. The van der Waals surface area contributed by atoms with Crippen molar-refractivity contribution in [2.24, 2.45) is 7.05 Å². The Bertz CT molecular complexity index is 925. The van der Waals surface area contributed by atoms with Crippen molar-refractivity contribution < 1.29 is 0 Å². The zero-order chi connectivity index (χ0) is 18.1. The molecule has 0 amide bonds. The van der Waals surface area contributed by atoms with Gasteiger partial charge in [0.2, 0.25) is 0 Å². The first-order chi connectivity index (χ1) is 12.6. The van der Waals surface area contributed by atoms with E-state index in [9.17, 15) is 4.79 Å². The Morgan fingerprint density at radius 3 is 2.81 bits per heavy atom. The number of hydrogen-bond acceptors (Lipinski definition) is 4. The number of aromatic nitrogens is 5. The van der Waals surface area contributed by atoms with Gasteiger partial charge in [-0.1, -0.05) is 18.2 Å². The van der Waals surface area contributed by atoms with Crippen molar-refractivity contribution in [1.29, 1.82) is 0 Å². The number of nitrogens with one attached hydrogen (secondary N) is 1. The summed E-state index contributed by atoms with van der Waals surface area (Å²) in [5.74, 6) is 1.30. The van der Waals surface area contributed by atoms with Gasteiger partial charge < -0.3 is 0 Å². The Balaban J connectivity index is 1.60. The van der Waals surface area contributed by atoms with Crippen molar-refractivity contribution in [3.05, 3.63) is 64.1 Å². The van der Waals surface area contributed by atoms with E-state index in [0.29, 0.717) is 12.5 Å². The number of aromatic amines is 1.